The number of nitrogens with one attached hydrogen (secondary N) is 3. The maximum absolute atomic E-state index is 13.0. The molecule has 0 amide bonds. The lowest BCUT2D eigenvalue weighted by Gasteiger charge is -2.25. The van der Waals surface area contributed by atoms with E-state index in [4.69, 9.17) is 101 Å². The van der Waals surface area contributed by atoms with Gasteiger partial charge < -0.3 is 134 Å². The molecule has 15 rings (SSSR count). The number of ether oxygens (including phenoxy) is 12. The SMILES string of the molecule is CO[C@H]1C(O)[C@@H](COP(=O)(O)OC2[C@@H](CO)O[C@@H](n3cnc4c(=O)[nH]c(C)nc43)[C@H]2OC)O[C@H]1n1cnc(N)nc1=O.CO[C@H]1C(OP(=O)(O)OC[C@H]2O[C@@H](n3cnc4c(=O)[nH]c(C)nc43)[C@@H](OC)C2O)[C@@H](CO)O[C@H]1n1cnc(N)nc1=O.CO[C@H]1C(OP(=O)(O)OC[C@H]2O[C@@H](n3cnc4c(=O)[nH]c(C)nc43)[C@@H](OC)C2O)[C@@H](CO)O[C@H]1n1cnc(N)nc1=O. The van der Waals surface area contributed by atoms with Gasteiger partial charge in [-0.25, -0.2) is 72.9 Å². The Labute approximate surface area is 703 Å². The summed E-state index contributed by atoms with van der Waals surface area (Å²) in [6.07, 6.45) is -21.9. The number of rotatable bonds is 30. The van der Waals surface area contributed by atoms with Crippen LogP contribution in [0.15, 0.2) is 66.7 Å². The first-order valence-corrected chi connectivity index (χ1v) is 41.8. The quantitative estimate of drug-likeness (QED) is 0.0186. The van der Waals surface area contributed by atoms with E-state index in [1.165, 1.54) is 75.3 Å². The van der Waals surface area contributed by atoms with Crippen molar-refractivity contribution in [2.75, 3.05) is 99.5 Å². The number of phosphoric ester groups is 3. The first-order chi connectivity index (χ1) is 59.9. The Hall–Kier alpha value is -9.51. The predicted octanol–water partition coefficient (Wildman–Crippen LogP) is -7.97. The first kappa shape index (κ1) is 94.1. The van der Waals surface area contributed by atoms with Crippen molar-refractivity contribution >= 4 is 74.8 Å². The summed E-state index contributed by atoms with van der Waals surface area (Å²) in [5.74, 6) is 0.128. The number of nitrogens with zero attached hydrogens (tertiary/aromatic N) is 18. The van der Waals surface area contributed by atoms with E-state index in [-0.39, 0.29) is 51.3 Å². The van der Waals surface area contributed by atoms with E-state index < -0.39 is 244 Å². The fraction of sp³-hybridized carbons (Fsp3) is 0.619. The van der Waals surface area contributed by atoms with Crippen LogP contribution in [-0.2, 0) is 97.7 Å². The Balaban J connectivity index is 0.000000162. The molecule has 0 aliphatic carbocycles. The number of H-pyrrole nitrogens is 3. The topological polar surface area (TPSA) is 812 Å². The molecule has 0 saturated carbocycles. The van der Waals surface area contributed by atoms with Crippen LogP contribution >= 0.6 is 23.5 Å². The lowest BCUT2D eigenvalue weighted by atomic mass is 10.1. The summed E-state index contributed by atoms with van der Waals surface area (Å²) < 4.78 is 144. The second-order valence-electron chi connectivity index (χ2n) is 28.3. The number of phosphoric acid groups is 3. The minimum Gasteiger partial charge on any atom is -0.394 e. The molecule has 18 N–H and O–H groups in total. The highest BCUT2D eigenvalue weighted by Gasteiger charge is 2.56. The molecule has 0 radical (unpaired) electrons. The van der Waals surface area contributed by atoms with Gasteiger partial charge in [0.2, 0.25) is 17.8 Å². The molecule has 0 spiro atoms. The van der Waals surface area contributed by atoms with E-state index in [2.05, 4.69) is 74.8 Å². The monoisotopic (exact) mass is 1850 g/mol. The van der Waals surface area contributed by atoms with Gasteiger partial charge in [0, 0.05) is 42.7 Å². The molecule has 690 valence electrons. The molecular weight excluding hydrogens is 1760 g/mol. The molecule has 9 unspecified atom stereocenters. The minimum absolute atomic E-state index is 0.0238. The summed E-state index contributed by atoms with van der Waals surface area (Å²) in [7, 11) is -7.12. The molecule has 0 aromatic carbocycles. The third-order valence-corrected chi connectivity index (χ3v) is 23.4. The molecular formula is C63H87N24O36P3. The van der Waals surface area contributed by atoms with Gasteiger partial charge in [0.1, 0.15) is 146 Å². The summed E-state index contributed by atoms with van der Waals surface area (Å²) in [5, 5.41) is 62.0. The molecule has 6 aliphatic heterocycles. The van der Waals surface area contributed by atoms with Gasteiger partial charge in [0.15, 0.2) is 70.9 Å². The van der Waals surface area contributed by atoms with Crippen LogP contribution in [0.4, 0.5) is 17.8 Å². The number of imidazole rings is 3. The van der Waals surface area contributed by atoms with Crippen molar-refractivity contribution in [3.63, 3.8) is 0 Å². The van der Waals surface area contributed by atoms with Crippen LogP contribution in [-0.4, -0.2) is 340 Å². The minimum atomic E-state index is -4.94. The fourth-order valence-electron chi connectivity index (χ4n) is 14.7. The average Bonchev–Trinajstić information content (AvgIpc) is 1.63. The molecule has 9 aromatic rings. The van der Waals surface area contributed by atoms with Crippen molar-refractivity contribution in [3.8, 4) is 0 Å². The van der Waals surface area contributed by atoms with E-state index in [0.29, 0.717) is 17.5 Å². The maximum Gasteiger partial charge on any atom is 0.472 e. The number of nitrogens with two attached hydrogens (primary N) is 3. The maximum atomic E-state index is 13.0. The van der Waals surface area contributed by atoms with Crippen LogP contribution in [0.25, 0.3) is 33.5 Å². The van der Waals surface area contributed by atoms with Crippen LogP contribution in [0.2, 0.25) is 0 Å². The van der Waals surface area contributed by atoms with Gasteiger partial charge in [-0.05, 0) is 20.8 Å². The lowest BCUT2D eigenvalue weighted by Crippen LogP contribution is -2.39. The number of aliphatic hydroxyl groups is 6. The third-order valence-electron chi connectivity index (χ3n) is 20.5. The van der Waals surface area contributed by atoms with Gasteiger partial charge in [0.05, 0.1) is 58.6 Å². The number of nitrogen functional groups attached to an aromatic ring is 3. The molecule has 27 atom stereocenters. The largest absolute Gasteiger partial charge is 0.472 e. The second kappa shape index (κ2) is 38.8. The van der Waals surface area contributed by atoms with E-state index in [9.17, 15) is 87.8 Å². The van der Waals surface area contributed by atoms with Crippen molar-refractivity contribution in [1.82, 2.24) is 102 Å². The standard InChI is InChI=1S/3C21H29N8O12P/c1-8-25-16-11(17(32)26-8)23-6-28(16)19-15(37-3)13(9(4-30)39-19)41-42(34,35)38-5-10-12(31)14(36-2)18(40-10)29-7-24-20(22)27-21(29)33;2*1-8-25-16-11(17(32)26-8)23-6-28(16)18-14(36-2)12(31)10(40-18)5-38-42(34,35)41-13-9(4-30)39-19(15(13)37-3)29-7-24-20(22)27-21(29)33/h3*6-7,9-10,12-15,18-19,30-31H,4-5H2,1-3H3,(H,34,35)(H2,22,27,33)(H,25,26,32)/t3*9-,10-,12?,13?,14+,15+,18-,19-/m111/s1. The predicted molar refractivity (Wildman–Crippen MR) is 410 cm³/mol. The highest BCUT2D eigenvalue weighted by Crippen LogP contribution is 2.53. The number of hydrogen-bond donors (Lipinski definition) is 15. The van der Waals surface area contributed by atoms with Crippen LogP contribution in [0, 0.1) is 20.8 Å². The molecule has 9 aromatic heterocycles. The van der Waals surface area contributed by atoms with Crippen molar-refractivity contribution < 1.29 is 143 Å². The summed E-state index contributed by atoms with van der Waals surface area (Å²) in [6, 6.07) is 0. The van der Waals surface area contributed by atoms with E-state index in [1.54, 1.807) is 20.8 Å². The van der Waals surface area contributed by atoms with Crippen LogP contribution in [0.1, 0.15) is 54.8 Å². The normalized spacial score (nSPS) is 31.1. The van der Waals surface area contributed by atoms with Gasteiger partial charge >= 0.3 is 40.5 Å². The number of hydrogen-bond acceptors (Lipinski definition) is 48. The Morgan fingerprint density at radius 3 is 0.810 bits per heavy atom. The number of aromatic amines is 3. The molecule has 63 heteroatoms. The van der Waals surface area contributed by atoms with Crippen molar-refractivity contribution in [1.29, 1.82) is 0 Å². The zero-order valence-corrected chi connectivity index (χ0v) is 69.9. The highest BCUT2D eigenvalue weighted by atomic mass is 31.2. The number of methoxy groups -OCH3 is 6. The van der Waals surface area contributed by atoms with Crippen molar-refractivity contribution in [2.45, 2.75) is 168 Å². The number of aryl methyl sites for hydroxylation is 3. The summed E-state index contributed by atoms with van der Waals surface area (Å²) in [5.41, 5.74) is 13.0. The zero-order chi connectivity index (χ0) is 91.0. The molecule has 126 heavy (non-hydrogen) atoms. The van der Waals surface area contributed by atoms with E-state index in [0.717, 1.165) is 32.7 Å². The van der Waals surface area contributed by atoms with E-state index >= 15 is 0 Å². The van der Waals surface area contributed by atoms with E-state index in [1.807, 2.05) is 0 Å². The first-order valence-electron chi connectivity index (χ1n) is 37.3. The summed E-state index contributed by atoms with van der Waals surface area (Å²) in [6.45, 7) is 0.788. The molecule has 6 saturated heterocycles. The molecule has 6 aliphatic rings. The number of fused-ring (bicyclic) bond motifs is 3. The highest BCUT2D eigenvalue weighted by molar-refractivity contribution is 7.48. The molecule has 15 heterocycles. The number of aromatic nitrogens is 21. The molecule has 60 nitrogen and oxygen atoms in total. The van der Waals surface area contributed by atoms with Crippen LogP contribution < -0.4 is 50.9 Å². The summed E-state index contributed by atoms with van der Waals surface area (Å²) in [4.78, 5) is 160. The Morgan fingerprint density at radius 1 is 0.349 bits per heavy atom. The van der Waals surface area contributed by atoms with Crippen LogP contribution in [0.3, 0.4) is 0 Å². The second-order valence-corrected chi connectivity index (χ2v) is 32.5. The van der Waals surface area contributed by atoms with Crippen molar-refractivity contribution in [3.05, 3.63) is 118 Å². The Bertz CT molecular complexity index is 5670. The zero-order valence-electron chi connectivity index (χ0n) is 67.2. The van der Waals surface area contributed by atoms with Crippen molar-refractivity contribution in [2.24, 2.45) is 0 Å². The fourth-order valence-corrected chi connectivity index (χ4v) is 17.6. The number of anilines is 3. The van der Waals surface area contributed by atoms with Crippen LogP contribution in [0.5, 0.6) is 0 Å². The lowest BCUT2D eigenvalue weighted by molar-refractivity contribution is -0.0665. The van der Waals surface area contributed by atoms with Gasteiger partial charge in [0.25, 0.3) is 16.7 Å². The molecule has 0 bridgehead atoms. The van der Waals surface area contributed by atoms with Gasteiger partial charge in [-0.3, -0.25) is 68.9 Å². The van der Waals surface area contributed by atoms with Gasteiger partial charge in [-0.2, -0.15) is 15.0 Å². The summed E-state index contributed by atoms with van der Waals surface area (Å²) >= 11 is 0. The smallest absolute Gasteiger partial charge is 0.394 e. The Morgan fingerprint density at radius 2 is 0.571 bits per heavy atom. The van der Waals surface area contributed by atoms with Gasteiger partial charge in [-0.15, -0.1) is 0 Å². The van der Waals surface area contributed by atoms with Gasteiger partial charge in [-0.1, -0.05) is 0 Å². The molecule has 6 fully saturated rings. The average molecular weight is 1850 g/mol. The third kappa shape index (κ3) is 19.4. The Kier molecular flexibility index (Phi) is 29.0. The number of aliphatic hydroxyl groups excluding tert-OH is 6.